The van der Waals surface area contributed by atoms with E-state index in [4.69, 9.17) is 0 Å². The van der Waals surface area contributed by atoms with E-state index in [1.807, 2.05) is 0 Å². The molecule has 1 aliphatic heterocycles. The van der Waals surface area contributed by atoms with E-state index in [0.29, 0.717) is 0 Å². The van der Waals surface area contributed by atoms with E-state index in [2.05, 4.69) is 89.2 Å². The van der Waals surface area contributed by atoms with Crippen LogP contribution in [0.2, 0.25) is 52.4 Å². The van der Waals surface area contributed by atoms with Crippen LogP contribution in [0.4, 0.5) is 0 Å². The zero-order valence-electron chi connectivity index (χ0n) is 16.9. The molecule has 0 aromatic rings. The highest BCUT2D eigenvalue weighted by Crippen LogP contribution is 2.38. The first-order valence-electron chi connectivity index (χ1n) is 8.34. The van der Waals surface area contributed by atoms with E-state index in [0.717, 1.165) is 0 Å². The lowest BCUT2D eigenvalue weighted by atomic mass is 10.2. The van der Waals surface area contributed by atoms with Crippen molar-refractivity contribution in [2.45, 2.75) is 80.1 Å². The molecular weight excluding hydrogens is 333 g/mol. The second-order valence-corrected chi connectivity index (χ2v) is 32.6. The maximum absolute atomic E-state index is 2.77. The molecule has 0 atom stereocenters. The Labute approximate surface area is 144 Å². The van der Waals surface area contributed by atoms with E-state index in [1.165, 1.54) is 22.8 Å². The van der Waals surface area contributed by atoms with Crippen LogP contribution in [0.25, 0.3) is 0 Å². The van der Waals surface area contributed by atoms with Crippen LogP contribution < -0.4 is 0 Å². The Morgan fingerprint density at radius 1 is 0.545 bits per heavy atom. The first kappa shape index (κ1) is 20.0. The summed E-state index contributed by atoms with van der Waals surface area (Å²) >= 11 is 0. The summed E-state index contributed by atoms with van der Waals surface area (Å²) in [6.45, 7) is 29.6. The van der Waals surface area contributed by atoms with Crippen LogP contribution in [0.3, 0.4) is 0 Å². The van der Waals surface area contributed by atoms with Crippen molar-refractivity contribution in [1.29, 1.82) is 0 Å². The molecule has 0 saturated heterocycles. The fourth-order valence-corrected chi connectivity index (χ4v) is 12.9. The Morgan fingerprint density at radius 2 is 0.727 bits per heavy atom. The highest BCUT2D eigenvalue weighted by atomic mass is 29.2. The van der Waals surface area contributed by atoms with Crippen LogP contribution >= 0.6 is 0 Å². The van der Waals surface area contributed by atoms with E-state index in [-0.39, 0.29) is 16.6 Å². The van der Waals surface area contributed by atoms with Crippen molar-refractivity contribution in [3.05, 3.63) is 22.8 Å². The van der Waals surface area contributed by atoms with Gasteiger partial charge in [-0.05, 0) is 27.7 Å². The molecule has 0 amide bonds. The Morgan fingerprint density at radius 3 is 0.864 bits per heavy atom. The van der Waals surface area contributed by atoms with Crippen molar-refractivity contribution < 1.29 is 0 Å². The van der Waals surface area contributed by atoms with Crippen LogP contribution in [0.15, 0.2) is 22.8 Å². The predicted molar refractivity (Wildman–Crippen MR) is 110 cm³/mol. The summed E-state index contributed by atoms with van der Waals surface area (Å²) in [5.41, 5.74) is 6.09. The van der Waals surface area contributed by atoms with Crippen LogP contribution in [-0.2, 0) is 0 Å². The first-order valence-corrected chi connectivity index (χ1v) is 21.2. The summed E-state index contributed by atoms with van der Waals surface area (Å²) in [5.74, 6) is 0. The Bertz CT molecular complexity index is 434. The summed E-state index contributed by atoms with van der Waals surface area (Å²) in [6.07, 6.45) is 0. The minimum atomic E-state index is -1.39. The summed E-state index contributed by atoms with van der Waals surface area (Å²) in [4.78, 5) is 0. The van der Waals surface area contributed by atoms with Crippen LogP contribution in [0.1, 0.15) is 27.7 Å². The third kappa shape index (κ3) is 3.12. The van der Waals surface area contributed by atoms with Crippen molar-refractivity contribution in [3.8, 4) is 0 Å². The number of nitrogens with zero attached hydrogens (tertiary/aromatic N) is 2. The minimum absolute atomic E-state index is 0.294. The fraction of sp³-hybridized carbons (Fsp3) is 0.750. The quantitative estimate of drug-likeness (QED) is 0.631. The average molecular weight is 369 g/mol. The SMILES string of the molecule is CC1=C(C)N([Si](C)(C)[Si](C)C)C(C)=C(C)N1[Si](C)(C)[Si](C)C. The first-order chi connectivity index (χ1) is 9.77. The van der Waals surface area contributed by atoms with Crippen LogP contribution in [0, 0.1) is 0 Å². The smallest absolute Gasteiger partial charge is 0.141 e. The molecule has 6 heteroatoms. The lowest BCUT2D eigenvalue weighted by Crippen LogP contribution is -2.62. The molecular formula is C16H36N2Si4. The maximum Gasteiger partial charge on any atom is 0.141 e. The molecule has 0 aromatic carbocycles. The zero-order chi connectivity index (χ0) is 17.6. The number of allylic oxidation sites excluding steroid dienone is 4. The Kier molecular flexibility index (Phi) is 5.86. The third-order valence-corrected chi connectivity index (χ3v) is 30.5. The number of hydrogen-bond donors (Lipinski definition) is 0. The van der Waals surface area contributed by atoms with E-state index >= 15 is 0 Å². The topological polar surface area (TPSA) is 6.48 Å². The monoisotopic (exact) mass is 368 g/mol. The van der Waals surface area contributed by atoms with Gasteiger partial charge in [-0.2, -0.15) is 0 Å². The number of rotatable bonds is 4. The molecule has 0 spiro atoms. The molecule has 22 heavy (non-hydrogen) atoms. The summed E-state index contributed by atoms with van der Waals surface area (Å²) < 4.78 is 5.54. The van der Waals surface area contributed by atoms with Gasteiger partial charge in [0, 0.05) is 22.8 Å². The van der Waals surface area contributed by atoms with Gasteiger partial charge in [-0.1, -0.05) is 52.4 Å². The van der Waals surface area contributed by atoms with Crippen LogP contribution in [-0.4, -0.2) is 41.3 Å². The van der Waals surface area contributed by atoms with Gasteiger partial charge in [0.2, 0.25) is 0 Å². The van der Waals surface area contributed by atoms with Gasteiger partial charge in [0.05, 0.1) is 16.6 Å². The van der Waals surface area contributed by atoms with Gasteiger partial charge in [0.25, 0.3) is 0 Å². The normalized spacial score (nSPS) is 18.3. The van der Waals surface area contributed by atoms with E-state index < -0.39 is 15.5 Å². The third-order valence-electron chi connectivity index (χ3n) is 5.95. The van der Waals surface area contributed by atoms with Gasteiger partial charge in [-0.25, -0.2) is 0 Å². The summed E-state index contributed by atoms with van der Waals surface area (Å²) in [5, 5.41) is 0. The zero-order valence-corrected chi connectivity index (χ0v) is 20.9. The molecule has 0 aromatic heterocycles. The molecule has 0 bridgehead atoms. The molecule has 1 aliphatic rings. The van der Waals surface area contributed by atoms with E-state index in [1.54, 1.807) is 0 Å². The molecule has 0 unspecified atom stereocenters. The van der Waals surface area contributed by atoms with Gasteiger partial charge in [-0.15, -0.1) is 0 Å². The summed E-state index contributed by atoms with van der Waals surface area (Å²) in [7, 11) is -3.37. The second kappa shape index (κ2) is 6.45. The lowest BCUT2D eigenvalue weighted by molar-refractivity contribution is 0.495. The summed E-state index contributed by atoms with van der Waals surface area (Å²) in [6, 6.07) is 0. The largest absolute Gasteiger partial charge is 0.376 e. The van der Waals surface area contributed by atoms with Crippen molar-refractivity contribution in [3.63, 3.8) is 0 Å². The lowest BCUT2D eigenvalue weighted by Gasteiger charge is -2.53. The van der Waals surface area contributed by atoms with Crippen molar-refractivity contribution in [2.24, 2.45) is 0 Å². The molecule has 1 rings (SSSR count). The van der Waals surface area contributed by atoms with Crippen molar-refractivity contribution in [2.75, 3.05) is 0 Å². The van der Waals surface area contributed by atoms with Crippen molar-refractivity contribution >= 4 is 32.1 Å². The number of hydrogen-bond acceptors (Lipinski definition) is 2. The van der Waals surface area contributed by atoms with Crippen molar-refractivity contribution in [1.82, 2.24) is 9.13 Å². The van der Waals surface area contributed by atoms with Gasteiger partial charge >= 0.3 is 0 Å². The molecule has 0 aliphatic carbocycles. The standard InChI is InChI=1S/C16H36N2Si4/c1-13-14(2)18(22(11,12)20(7)8)16(4)15(3)17(13)21(9,10)19(5)6/h1-12H3. The molecule has 0 saturated carbocycles. The van der Waals surface area contributed by atoms with Gasteiger partial charge < -0.3 is 9.13 Å². The van der Waals surface area contributed by atoms with Gasteiger partial charge in [0.1, 0.15) is 15.5 Å². The average Bonchev–Trinajstić information content (AvgIpc) is 2.36. The molecule has 2 radical (unpaired) electrons. The van der Waals surface area contributed by atoms with Gasteiger partial charge in [-0.3, -0.25) is 0 Å². The minimum Gasteiger partial charge on any atom is -0.376 e. The molecule has 0 fully saturated rings. The highest BCUT2D eigenvalue weighted by Gasteiger charge is 2.43. The molecule has 1 heterocycles. The molecule has 126 valence electrons. The molecule has 0 N–H and O–H groups in total. The van der Waals surface area contributed by atoms with E-state index in [9.17, 15) is 0 Å². The van der Waals surface area contributed by atoms with Crippen LogP contribution in [0.5, 0.6) is 0 Å². The molecule has 2 nitrogen and oxygen atoms in total. The Balaban J connectivity index is 3.50. The maximum atomic E-state index is 2.77. The van der Waals surface area contributed by atoms with Gasteiger partial charge in [0.15, 0.2) is 0 Å². The second-order valence-electron chi connectivity index (χ2n) is 8.13. The fourth-order valence-electron chi connectivity index (χ4n) is 3.27. The predicted octanol–water partition coefficient (Wildman–Crippen LogP) is 5.18. The Hall–Kier alpha value is -0.0525. The highest BCUT2D eigenvalue weighted by molar-refractivity contribution is 7.31.